The van der Waals surface area contributed by atoms with Crippen LogP contribution in [0.3, 0.4) is 0 Å². The Hall–Kier alpha value is -2.82. The first-order valence-electron chi connectivity index (χ1n) is 11.5. The molecular formula is C25H23ClF3N5OS. The molecule has 2 aliphatic rings. The number of thioether (sulfide) groups is 1. The van der Waals surface area contributed by atoms with E-state index < -0.39 is 11.7 Å². The summed E-state index contributed by atoms with van der Waals surface area (Å²) in [5, 5.41) is 5.83. The molecule has 6 nitrogen and oxygen atoms in total. The lowest BCUT2D eigenvalue weighted by molar-refractivity contribution is -0.138. The number of alkyl halides is 3. The summed E-state index contributed by atoms with van der Waals surface area (Å²) in [5.41, 5.74) is 0.799. The monoisotopic (exact) mass is 533 g/mol. The second kappa shape index (κ2) is 9.91. The Morgan fingerprint density at radius 1 is 1.11 bits per heavy atom. The predicted octanol–water partition coefficient (Wildman–Crippen LogP) is 5.36. The maximum atomic E-state index is 13.5. The standard InChI is InChI=1S/C25H23ClF3N5OS/c1-2-32-7-9-33(10-8-32)24-31-23(35)22(36-24)12-16-3-6-21-18(11-16)14-30-34(21)15-17-4-5-19(26)13-20(17)25(27,28)29/h3-6,11-14H,2,7-10,15H2,1H3. The van der Waals surface area contributed by atoms with Gasteiger partial charge in [-0.2, -0.15) is 23.3 Å². The van der Waals surface area contributed by atoms with E-state index in [-0.39, 0.29) is 23.0 Å². The Labute approximate surface area is 215 Å². The minimum absolute atomic E-state index is 0.0313. The molecule has 0 radical (unpaired) electrons. The average Bonchev–Trinajstić information content (AvgIpc) is 3.42. The Morgan fingerprint density at radius 2 is 1.89 bits per heavy atom. The molecule has 0 bridgehead atoms. The van der Waals surface area contributed by atoms with E-state index in [9.17, 15) is 18.0 Å². The number of rotatable bonds is 4. The molecule has 3 heterocycles. The fourth-order valence-corrected chi connectivity index (χ4v) is 5.51. The lowest BCUT2D eigenvalue weighted by atomic mass is 10.1. The number of fused-ring (bicyclic) bond motifs is 1. The topological polar surface area (TPSA) is 53.7 Å². The number of aromatic nitrogens is 2. The molecule has 2 aliphatic heterocycles. The van der Waals surface area contributed by atoms with Gasteiger partial charge in [0.2, 0.25) is 0 Å². The molecule has 0 aliphatic carbocycles. The minimum atomic E-state index is -4.52. The lowest BCUT2D eigenvalue weighted by Crippen LogP contribution is -2.47. The van der Waals surface area contributed by atoms with Crippen molar-refractivity contribution in [2.24, 2.45) is 4.99 Å². The van der Waals surface area contributed by atoms with Crippen molar-refractivity contribution in [3.05, 3.63) is 69.2 Å². The van der Waals surface area contributed by atoms with Gasteiger partial charge in [0.25, 0.3) is 5.91 Å². The number of nitrogens with zero attached hydrogens (tertiary/aromatic N) is 5. The van der Waals surface area contributed by atoms with Crippen molar-refractivity contribution in [2.75, 3.05) is 32.7 Å². The number of carbonyl (C=O) groups excluding carboxylic acids is 1. The van der Waals surface area contributed by atoms with E-state index in [4.69, 9.17) is 11.6 Å². The van der Waals surface area contributed by atoms with Crippen molar-refractivity contribution in [3.63, 3.8) is 0 Å². The summed E-state index contributed by atoms with van der Waals surface area (Å²) in [6, 6.07) is 9.24. The molecule has 5 rings (SSSR count). The molecule has 1 fully saturated rings. The van der Waals surface area contributed by atoms with Gasteiger partial charge in [-0.1, -0.05) is 30.7 Å². The third kappa shape index (κ3) is 5.16. The largest absolute Gasteiger partial charge is 0.416 e. The van der Waals surface area contributed by atoms with E-state index in [0.717, 1.165) is 54.9 Å². The Bertz CT molecular complexity index is 1380. The first kappa shape index (κ1) is 24.9. The van der Waals surface area contributed by atoms with Gasteiger partial charge in [0.15, 0.2) is 5.17 Å². The van der Waals surface area contributed by atoms with E-state index in [1.807, 2.05) is 12.1 Å². The highest BCUT2D eigenvalue weighted by Crippen LogP contribution is 2.35. The lowest BCUT2D eigenvalue weighted by Gasteiger charge is -2.34. The summed E-state index contributed by atoms with van der Waals surface area (Å²) < 4.78 is 42.0. The first-order valence-corrected chi connectivity index (χ1v) is 12.7. The quantitative estimate of drug-likeness (QED) is 0.422. The summed E-state index contributed by atoms with van der Waals surface area (Å²) in [5.74, 6) is -0.258. The molecule has 1 aromatic heterocycles. The SMILES string of the molecule is CCN1CCN(C2=NC(=O)C(=Cc3ccc4c(cnn4Cc4ccc(Cl)cc4C(F)(F)F)c3)S2)CC1. The van der Waals surface area contributed by atoms with Crippen LogP contribution in [-0.4, -0.2) is 63.4 Å². The van der Waals surface area contributed by atoms with Gasteiger partial charge in [-0.3, -0.25) is 9.48 Å². The molecule has 0 saturated carbocycles. The van der Waals surface area contributed by atoms with Gasteiger partial charge in [-0.05, 0) is 59.8 Å². The molecular weight excluding hydrogens is 511 g/mol. The summed E-state index contributed by atoms with van der Waals surface area (Å²) in [7, 11) is 0. The van der Waals surface area contributed by atoms with E-state index in [1.165, 1.54) is 28.6 Å². The molecule has 11 heteroatoms. The molecule has 36 heavy (non-hydrogen) atoms. The number of benzene rings is 2. The van der Waals surface area contributed by atoms with Crippen LogP contribution in [0.2, 0.25) is 5.02 Å². The third-order valence-corrected chi connectivity index (χ3v) is 7.64. The number of amides is 1. The maximum Gasteiger partial charge on any atom is 0.416 e. The number of hydrogen-bond donors (Lipinski definition) is 0. The van der Waals surface area contributed by atoms with Crippen LogP contribution in [-0.2, 0) is 17.5 Å². The number of likely N-dealkylation sites (N-methyl/N-ethyl adjacent to an activating group) is 1. The molecule has 0 unspecified atom stereocenters. The van der Waals surface area contributed by atoms with E-state index in [0.29, 0.717) is 10.4 Å². The predicted molar refractivity (Wildman–Crippen MR) is 137 cm³/mol. The molecule has 3 aromatic rings. The van der Waals surface area contributed by atoms with Crippen LogP contribution in [0.5, 0.6) is 0 Å². The van der Waals surface area contributed by atoms with E-state index >= 15 is 0 Å². The van der Waals surface area contributed by atoms with Crippen LogP contribution in [0, 0.1) is 0 Å². The zero-order valence-electron chi connectivity index (χ0n) is 19.4. The van der Waals surface area contributed by atoms with Gasteiger partial charge in [-0.15, -0.1) is 0 Å². The maximum absolute atomic E-state index is 13.5. The second-order valence-corrected chi connectivity index (χ2v) is 10.1. The smallest absolute Gasteiger partial charge is 0.348 e. The molecule has 0 N–H and O–H groups in total. The summed E-state index contributed by atoms with van der Waals surface area (Å²) in [6.07, 6.45) is -1.11. The van der Waals surface area contributed by atoms with Crippen molar-refractivity contribution in [2.45, 2.75) is 19.6 Å². The number of piperazine rings is 1. The third-order valence-electron chi connectivity index (χ3n) is 6.36. The van der Waals surface area contributed by atoms with Crippen LogP contribution in [0.1, 0.15) is 23.6 Å². The van der Waals surface area contributed by atoms with Gasteiger partial charge in [-0.25, -0.2) is 0 Å². The van der Waals surface area contributed by atoms with E-state index in [1.54, 1.807) is 18.3 Å². The van der Waals surface area contributed by atoms with Crippen LogP contribution < -0.4 is 0 Å². The van der Waals surface area contributed by atoms with Crippen molar-refractivity contribution >= 4 is 51.4 Å². The van der Waals surface area contributed by atoms with Crippen LogP contribution >= 0.6 is 23.4 Å². The van der Waals surface area contributed by atoms with Crippen molar-refractivity contribution < 1.29 is 18.0 Å². The molecule has 0 atom stereocenters. The highest BCUT2D eigenvalue weighted by atomic mass is 35.5. The number of aliphatic imine (C=N–C) groups is 1. The van der Waals surface area contributed by atoms with Gasteiger partial charge in [0.1, 0.15) is 0 Å². The molecule has 188 valence electrons. The fraction of sp³-hybridized carbons (Fsp3) is 0.320. The van der Waals surface area contributed by atoms with Crippen LogP contribution in [0.4, 0.5) is 13.2 Å². The minimum Gasteiger partial charge on any atom is -0.348 e. The number of amidine groups is 1. The highest BCUT2D eigenvalue weighted by molar-refractivity contribution is 8.18. The summed E-state index contributed by atoms with van der Waals surface area (Å²) in [6.45, 7) is 6.69. The number of carbonyl (C=O) groups is 1. The first-order chi connectivity index (χ1) is 17.2. The molecule has 1 amide bonds. The Balaban J connectivity index is 1.33. The van der Waals surface area contributed by atoms with E-state index in [2.05, 4.69) is 26.8 Å². The van der Waals surface area contributed by atoms with Gasteiger partial charge in [0.05, 0.1) is 28.7 Å². The number of hydrogen-bond acceptors (Lipinski definition) is 5. The van der Waals surface area contributed by atoms with Crippen LogP contribution in [0.15, 0.2) is 52.5 Å². The fourth-order valence-electron chi connectivity index (χ4n) is 4.37. The average molecular weight is 534 g/mol. The van der Waals surface area contributed by atoms with Crippen molar-refractivity contribution in [1.82, 2.24) is 19.6 Å². The summed E-state index contributed by atoms with van der Waals surface area (Å²) >= 11 is 7.17. The Kier molecular flexibility index (Phi) is 6.84. The molecule has 2 aromatic carbocycles. The van der Waals surface area contributed by atoms with Gasteiger partial charge < -0.3 is 9.80 Å². The zero-order chi connectivity index (χ0) is 25.4. The van der Waals surface area contributed by atoms with Crippen LogP contribution in [0.25, 0.3) is 17.0 Å². The van der Waals surface area contributed by atoms with Crippen molar-refractivity contribution in [1.29, 1.82) is 0 Å². The van der Waals surface area contributed by atoms with Gasteiger partial charge >= 0.3 is 6.18 Å². The van der Waals surface area contributed by atoms with Gasteiger partial charge in [0, 0.05) is 36.6 Å². The second-order valence-electron chi connectivity index (χ2n) is 8.65. The Morgan fingerprint density at radius 3 is 2.61 bits per heavy atom. The molecule has 0 spiro atoms. The normalized spacial score (nSPS) is 18.5. The van der Waals surface area contributed by atoms with Crippen molar-refractivity contribution in [3.8, 4) is 0 Å². The number of halogens is 4. The highest BCUT2D eigenvalue weighted by Gasteiger charge is 2.34. The summed E-state index contributed by atoms with van der Waals surface area (Å²) in [4.78, 5) is 21.8. The zero-order valence-corrected chi connectivity index (χ0v) is 21.0. The molecule has 1 saturated heterocycles.